The molecule has 0 saturated heterocycles. The van der Waals surface area contributed by atoms with Crippen LogP contribution in [0.1, 0.15) is 0 Å². The minimum absolute atomic E-state index is 0.464. The summed E-state index contributed by atoms with van der Waals surface area (Å²) in [7, 11) is 0. The Morgan fingerprint density at radius 3 is 2.00 bits per heavy atom. The Balaban J connectivity index is 2.23. The standard InChI is InChI=1S/C19H14N4/c20-18-15-9-3-1-7-13(15)14-8-2-4-10-16(14)19(23-18)22-17-11-5-6-12-21-17/h1-12H,(H2,20,21,22,23). The van der Waals surface area contributed by atoms with Crippen LogP contribution in [-0.2, 0) is 0 Å². The Kier molecular flexibility index (Phi) is 3.20. The molecule has 0 amide bonds. The summed E-state index contributed by atoms with van der Waals surface area (Å²) in [5.41, 5.74) is 6.80. The maximum Gasteiger partial charge on any atom is 0.164 e. The molecule has 0 aliphatic carbocycles. The molecular weight excluding hydrogens is 284 g/mol. The third-order valence-corrected chi connectivity index (χ3v) is 3.76. The van der Waals surface area contributed by atoms with Gasteiger partial charge in [0.2, 0.25) is 0 Å². The highest BCUT2D eigenvalue weighted by atomic mass is 15.0. The molecule has 0 aliphatic rings. The van der Waals surface area contributed by atoms with E-state index in [1.54, 1.807) is 6.20 Å². The molecule has 23 heavy (non-hydrogen) atoms. The van der Waals surface area contributed by atoms with Crippen molar-refractivity contribution in [2.75, 3.05) is 5.73 Å². The van der Waals surface area contributed by atoms with Crippen LogP contribution in [0.25, 0.3) is 21.5 Å². The van der Waals surface area contributed by atoms with Crippen LogP contribution in [0.2, 0.25) is 0 Å². The summed E-state index contributed by atoms with van der Waals surface area (Å²) < 4.78 is 0. The van der Waals surface area contributed by atoms with Gasteiger partial charge in [-0.15, -0.1) is 0 Å². The van der Waals surface area contributed by atoms with Gasteiger partial charge in [0.25, 0.3) is 0 Å². The van der Waals surface area contributed by atoms with Gasteiger partial charge in [-0.05, 0) is 22.9 Å². The summed E-state index contributed by atoms with van der Waals surface area (Å²) in [6, 6.07) is 21.7. The SMILES string of the molecule is Nc1n/c(=N\c2ccccn2)c2ccccc2c2ccccc12. The van der Waals surface area contributed by atoms with Crippen molar-refractivity contribution in [1.82, 2.24) is 9.97 Å². The van der Waals surface area contributed by atoms with E-state index in [9.17, 15) is 0 Å². The van der Waals surface area contributed by atoms with Crippen LogP contribution in [-0.4, -0.2) is 9.97 Å². The fourth-order valence-electron chi connectivity index (χ4n) is 2.70. The number of aromatic nitrogens is 2. The minimum Gasteiger partial charge on any atom is -0.383 e. The second kappa shape index (κ2) is 5.50. The summed E-state index contributed by atoms with van der Waals surface area (Å²) in [5, 5.41) is 4.01. The van der Waals surface area contributed by atoms with E-state index >= 15 is 0 Å². The Bertz CT molecular complexity index is 1070. The van der Waals surface area contributed by atoms with Crippen LogP contribution in [0.4, 0.5) is 11.6 Å². The molecule has 2 heterocycles. The molecule has 4 nitrogen and oxygen atoms in total. The zero-order valence-electron chi connectivity index (χ0n) is 12.3. The molecule has 4 rings (SSSR count). The van der Waals surface area contributed by atoms with Gasteiger partial charge in [0, 0.05) is 17.0 Å². The minimum atomic E-state index is 0.464. The first-order valence-corrected chi connectivity index (χ1v) is 7.36. The fraction of sp³-hybridized carbons (Fsp3) is 0. The predicted octanol–water partition coefficient (Wildman–Crippen LogP) is 3.60. The first kappa shape index (κ1) is 13.4. The van der Waals surface area contributed by atoms with E-state index in [-0.39, 0.29) is 0 Å². The zero-order chi connectivity index (χ0) is 15.6. The normalized spacial score (nSPS) is 11.9. The van der Waals surface area contributed by atoms with E-state index in [2.05, 4.69) is 27.1 Å². The lowest BCUT2D eigenvalue weighted by Gasteiger charge is -1.97. The van der Waals surface area contributed by atoms with Crippen molar-refractivity contribution >= 4 is 33.2 Å². The van der Waals surface area contributed by atoms with E-state index < -0.39 is 0 Å². The first-order valence-electron chi connectivity index (χ1n) is 7.36. The van der Waals surface area contributed by atoms with Crippen LogP contribution in [0.5, 0.6) is 0 Å². The third kappa shape index (κ3) is 2.40. The lowest BCUT2D eigenvalue weighted by molar-refractivity contribution is 1.15. The average molecular weight is 298 g/mol. The van der Waals surface area contributed by atoms with Gasteiger partial charge in [-0.3, -0.25) is 0 Å². The molecule has 0 fully saturated rings. The van der Waals surface area contributed by atoms with Gasteiger partial charge in [0.05, 0.1) is 0 Å². The van der Waals surface area contributed by atoms with E-state index in [1.807, 2.05) is 54.6 Å². The number of nitrogens with zero attached hydrogens (tertiary/aromatic N) is 3. The van der Waals surface area contributed by atoms with E-state index in [1.165, 1.54) is 0 Å². The first-order chi connectivity index (χ1) is 11.3. The van der Waals surface area contributed by atoms with Gasteiger partial charge in [0.15, 0.2) is 11.3 Å². The number of hydrogen-bond donors (Lipinski definition) is 1. The smallest absolute Gasteiger partial charge is 0.164 e. The third-order valence-electron chi connectivity index (χ3n) is 3.76. The van der Waals surface area contributed by atoms with Gasteiger partial charge in [-0.1, -0.05) is 54.6 Å². The fourth-order valence-corrected chi connectivity index (χ4v) is 2.70. The molecule has 0 aliphatic heterocycles. The average Bonchev–Trinajstić information content (AvgIpc) is 2.72. The highest BCUT2D eigenvalue weighted by Gasteiger charge is 2.05. The van der Waals surface area contributed by atoms with Crippen molar-refractivity contribution in [2.45, 2.75) is 0 Å². The number of anilines is 1. The number of nitrogens with two attached hydrogens (primary N) is 1. The van der Waals surface area contributed by atoms with Crippen LogP contribution in [0.3, 0.4) is 0 Å². The van der Waals surface area contributed by atoms with E-state index in [0.717, 1.165) is 21.5 Å². The van der Waals surface area contributed by atoms with Crippen LogP contribution >= 0.6 is 0 Å². The monoisotopic (exact) mass is 298 g/mol. The molecule has 4 aromatic rings. The summed E-state index contributed by atoms with van der Waals surface area (Å²) >= 11 is 0. The number of hydrogen-bond acceptors (Lipinski definition) is 4. The van der Waals surface area contributed by atoms with Crippen molar-refractivity contribution in [3.05, 3.63) is 78.4 Å². The van der Waals surface area contributed by atoms with Crippen molar-refractivity contribution in [3.63, 3.8) is 0 Å². The highest BCUT2D eigenvalue weighted by Crippen LogP contribution is 2.24. The summed E-state index contributed by atoms with van der Waals surface area (Å²) in [4.78, 5) is 13.4. The molecule has 0 saturated carbocycles. The molecule has 110 valence electrons. The predicted molar refractivity (Wildman–Crippen MR) is 93.1 cm³/mol. The van der Waals surface area contributed by atoms with Gasteiger partial charge < -0.3 is 5.73 Å². The molecule has 0 bridgehead atoms. The maximum absolute atomic E-state index is 6.22. The number of benzene rings is 2. The number of nitrogen functional groups attached to an aromatic ring is 1. The Morgan fingerprint density at radius 2 is 1.30 bits per heavy atom. The van der Waals surface area contributed by atoms with Gasteiger partial charge in [0.1, 0.15) is 5.82 Å². The van der Waals surface area contributed by atoms with Crippen LogP contribution < -0.4 is 11.2 Å². The molecule has 0 atom stereocenters. The lowest BCUT2D eigenvalue weighted by Crippen LogP contribution is -2.07. The van der Waals surface area contributed by atoms with Crippen molar-refractivity contribution < 1.29 is 0 Å². The second-order valence-electron chi connectivity index (χ2n) is 5.21. The molecule has 2 aromatic carbocycles. The zero-order valence-corrected chi connectivity index (χ0v) is 12.3. The van der Waals surface area contributed by atoms with Crippen LogP contribution in [0, 0.1) is 0 Å². The van der Waals surface area contributed by atoms with Crippen molar-refractivity contribution in [2.24, 2.45) is 4.99 Å². The largest absolute Gasteiger partial charge is 0.383 e. The van der Waals surface area contributed by atoms with E-state index in [0.29, 0.717) is 17.1 Å². The van der Waals surface area contributed by atoms with Gasteiger partial charge >= 0.3 is 0 Å². The molecule has 2 aromatic heterocycles. The second-order valence-corrected chi connectivity index (χ2v) is 5.21. The molecule has 0 radical (unpaired) electrons. The van der Waals surface area contributed by atoms with Crippen molar-refractivity contribution in [1.29, 1.82) is 0 Å². The summed E-state index contributed by atoms with van der Waals surface area (Å²) in [6.07, 6.45) is 1.71. The number of fused-ring (bicyclic) bond motifs is 3. The maximum atomic E-state index is 6.22. The van der Waals surface area contributed by atoms with Gasteiger partial charge in [-0.2, -0.15) is 0 Å². The Morgan fingerprint density at radius 1 is 0.696 bits per heavy atom. The highest BCUT2D eigenvalue weighted by molar-refractivity contribution is 6.08. The van der Waals surface area contributed by atoms with E-state index in [4.69, 9.17) is 5.73 Å². The summed E-state index contributed by atoms with van der Waals surface area (Å²) in [6.45, 7) is 0. The molecule has 0 spiro atoms. The molecule has 0 unspecified atom stereocenters. The Labute approximate surface area is 133 Å². The van der Waals surface area contributed by atoms with Crippen molar-refractivity contribution in [3.8, 4) is 0 Å². The number of rotatable bonds is 1. The lowest BCUT2D eigenvalue weighted by atomic mass is 10.1. The topological polar surface area (TPSA) is 64.2 Å². The van der Waals surface area contributed by atoms with Gasteiger partial charge in [-0.25, -0.2) is 15.0 Å². The summed E-state index contributed by atoms with van der Waals surface area (Å²) in [5.74, 6) is 1.08. The molecular formula is C19H14N4. The number of pyridine rings is 1. The Hall–Kier alpha value is -3.27. The van der Waals surface area contributed by atoms with Crippen LogP contribution in [0.15, 0.2) is 77.9 Å². The molecule has 4 heteroatoms. The molecule has 2 N–H and O–H groups in total. The quantitative estimate of drug-likeness (QED) is 0.584.